The Labute approximate surface area is 106 Å². The summed E-state index contributed by atoms with van der Waals surface area (Å²) in [4.78, 5) is 10.1. The fraction of sp³-hybridized carbons (Fsp3) is 0.154. The lowest BCUT2D eigenvalue weighted by molar-refractivity contribution is 1.12. The van der Waals surface area contributed by atoms with Gasteiger partial charge in [0.25, 0.3) is 0 Å². The van der Waals surface area contributed by atoms with Crippen LogP contribution in [0.5, 0.6) is 0 Å². The Balaban J connectivity index is 1.97. The summed E-state index contributed by atoms with van der Waals surface area (Å²) >= 11 is 0. The number of nitrogens with one attached hydrogen (secondary N) is 1. The Morgan fingerprint density at radius 2 is 1.78 bits per heavy atom. The summed E-state index contributed by atoms with van der Waals surface area (Å²) in [6.45, 7) is 0. The van der Waals surface area contributed by atoms with Crippen LogP contribution in [-0.2, 0) is 0 Å². The van der Waals surface area contributed by atoms with Gasteiger partial charge in [-0.2, -0.15) is 5.10 Å². The average Bonchev–Trinajstić information content (AvgIpc) is 2.40. The Morgan fingerprint density at radius 3 is 2.39 bits per heavy atom. The van der Waals surface area contributed by atoms with Gasteiger partial charge in [0.1, 0.15) is 0 Å². The molecule has 0 radical (unpaired) electrons. The van der Waals surface area contributed by atoms with Gasteiger partial charge in [0, 0.05) is 32.2 Å². The number of anilines is 2. The van der Waals surface area contributed by atoms with Crippen molar-refractivity contribution in [1.29, 1.82) is 0 Å². The van der Waals surface area contributed by atoms with Crippen LogP contribution in [0, 0.1) is 0 Å². The smallest absolute Gasteiger partial charge is 0.243 e. The van der Waals surface area contributed by atoms with E-state index in [2.05, 4.69) is 25.4 Å². The molecule has 5 heteroatoms. The van der Waals surface area contributed by atoms with Crippen LogP contribution in [0.3, 0.4) is 0 Å². The number of hydrazone groups is 1. The van der Waals surface area contributed by atoms with E-state index in [9.17, 15) is 0 Å². The molecule has 0 amide bonds. The molecule has 0 aliphatic rings. The maximum atomic E-state index is 4.07. The number of hydrogen-bond donors (Lipinski definition) is 1. The third kappa shape index (κ3) is 3.28. The van der Waals surface area contributed by atoms with E-state index in [0.717, 1.165) is 11.3 Å². The third-order valence-electron chi connectivity index (χ3n) is 2.35. The second-order valence-electron chi connectivity index (χ2n) is 3.93. The van der Waals surface area contributed by atoms with Gasteiger partial charge in [0.2, 0.25) is 5.95 Å². The maximum absolute atomic E-state index is 4.07. The Morgan fingerprint density at radius 1 is 1.11 bits per heavy atom. The maximum Gasteiger partial charge on any atom is 0.243 e. The van der Waals surface area contributed by atoms with Crippen LogP contribution in [0.25, 0.3) is 0 Å². The zero-order valence-electron chi connectivity index (χ0n) is 10.4. The number of hydrogen-bond acceptors (Lipinski definition) is 5. The van der Waals surface area contributed by atoms with Crippen LogP contribution >= 0.6 is 0 Å². The molecule has 0 aliphatic heterocycles. The molecule has 18 heavy (non-hydrogen) atoms. The summed E-state index contributed by atoms with van der Waals surface area (Å²) in [5, 5.41) is 4.07. The largest absolute Gasteiger partial charge is 0.378 e. The van der Waals surface area contributed by atoms with Crippen molar-refractivity contribution in [1.82, 2.24) is 9.97 Å². The summed E-state index contributed by atoms with van der Waals surface area (Å²) < 4.78 is 0. The zero-order valence-corrected chi connectivity index (χ0v) is 10.4. The summed E-state index contributed by atoms with van der Waals surface area (Å²) in [6.07, 6.45) is 5.06. The molecule has 0 atom stereocenters. The highest BCUT2D eigenvalue weighted by atomic mass is 15.3. The predicted octanol–water partition coefficient (Wildman–Crippen LogP) is 1.99. The molecule has 0 saturated heterocycles. The topological polar surface area (TPSA) is 53.4 Å². The van der Waals surface area contributed by atoms with Crippen LogP contribution in [0.15, 0.2) is 47.8 Å². The number of aromatic nitrogens is 2. The van der Waals surface area contributed by atoms with Crippen molar-refractivity contribution in [2.45, 2.75) is 0 Å². The first kappa shape index (κ1) is 12.0. The molecule has 5 nitrogen and oxygen atoms in total. The van der Waals surface area contributed by atoms with Crippen molar-refractivity contribution in [3.05, 3.63) is 48.3 Å². The normalized spacial score (nSPS) is 10.6. The third-order valence-corrected chi connectivity index (χ3v) is 2.35. The molecule has 1 aromatic carbocycles. The minimum atomic E-state index is 0.485. The molecule has 0 bridgehead atoms. The molecule has 92 valence electrons. The van der Waals surface area contributed by atoms with Crippen LogP contribution in [0.2, 0.25) is 0 Å². The first-order valence-electron chi connectivity index (χ1n) is 5.59. The van der Waals surface area contributed by atoms with Gasteiger partial charge in [-0.15, -0.1) is 0 Å². The highest BCUT2D eigenvalue weighted by Gasteiger charge is 1.94. The number of benzene rings is 1. The highest BCUT2D eigenvalue weighted by molar-refractivity contribution is 5.80. The van der Waals surface area contributed by atoms with Crippen LogP contribution in [-0.4, -0.2) is 30.3 Å². The zero-order chi connectivity index (χ0) is 12.8. The molecule has 0 fully saturated rings. The van der Waals surface area contributed by atoms with E-state index in [1.165, 1.54) is 0 Å². The quantitative estimate of drug-likeness (QED) is 0.657. The summed E-state index contributed by atoms with van der Waals surface area (Å²) in [7, 11) is 4.02. The first-order valence-corrected chi connectivity index (χ1v) is 5.59. The fourth-order valence-corrected chi connectivity index (χ4v) is 1.38. The van der Waals surface area contributed by atoms with Crippen molar-refractivity contribution >= 4 is 17.9 Å². The lowest BCUT2D eigenvalue weighted by Gasteiger charge is -2.11. The molecule has 1 heterocycles. The number of nitrogens with zero attached hydrogens (tertiary/aromatic N) is 4. The van der Waals surface area contributed by atoms with E-state index in [1.54, 1.807) is 24.7 Å². The predicted molar refractivity (Wildman–Crippen MR) is 74.0 cm³/mol. The van der Waals surface area contributed by atoms with Crippen molar-refractivity contribution in [2.24, 2.45) is 5.10 Å². The van der Waals surface area contributed by atoms with Gasteiger partial charge in [0.15, 0.2) is 0 Å². The molecule has 0 aliphatic carbocycles. The Bertz CT molecular complexity index is 505. The monoisotopic (exact) mass is 241 g/mol. The molecule has 0 spiro atoms. The van der Waals surface area contributed by atoms with E-state index < -0.39 is 0 Å². The minimum absolute atomic E-state index is 0.485. The van der Waals surface area contributed by atoms with Gasteiger partial charge in [-0.25, -0.2) is 15.4 Å². The van der Waals surface area contributed by atoms with Crippen LogP contribution < -0.4 is 10.3 Å². The van der Waals surface area contributed by atoms with Gasteiger partial charge >= 0.3 is 0 Å². The molecule has 0 saturated carbocycles. The van der Waals surface area contributed by atoms with Crippen molar-refractivity contribution < 1.29 is 0 Å². The molecule has 1 N–H and O–H groups in total. The van der Waals surface area contributed by atoms with Crippen LogP contribution in [0.4, 0.5) is 11.6 Å². The molecule has 2 rings (SSSR count). The van der Waals surface area contributed by atoms with Crippen molar-refractivity contribution in [2.75, 3.05) is 24.4 Å². The molecular weight excluding hydrogens is 226 g/mol. The van der Waals surface area contributed by atoms with Gasteiger partial charge in [-0.1, -0.05) is 12.1 Å². The molecule has 2 aromatic rings. The molecule has 1 aromatic heterocycles. The van der Waals surface area contributed by atoms with E-state index in [4.69, 9.17) is 0 Å². The van der Waals surface area contributed by atoms with Gasteiger partial charge < -0.3 is 4.90 Å². The Hall–Kier alpha value is -2.43. The summed E-state index contributed by atoms with van der Waals surface area (Å²) in [5.74, 6) is 0.485. The Kier molecular flexibility index (Phi) is 3.86. The van der Waals surface area contributed by atoms with Gasteiger partial charge in [-0.05, 0) is 23.8 Å². The van der Waals surface area contributed by atoms with Crippen molar-refractivity contribution in [3.8, 4) is 0 Å². The van der Waals surface area contributed by atoms with Crippen molar-refractivity contribution in [3.63, 3.8) is 0 Å². The second-order valence-corrected chi connectivity index (χ2v) is 3.93. The SMILES string of the molecule is CN(C)c1ccc(C=NNc2ncccn2)cc1. The summed E-state index contributed by atoms with van der Waals surface area (Å²) in [5.41, 5.74) is 4.94. The second kappa shape index (κ2) is 5.77. The first-order chi connectivity index (χ1) is 8.75. The van der Waals surface area contributed by atoms with E-state index in [-0.39, 0.29) is 0 Å². The average molecular weight is 241 g/mol. The molecular formula is C13H15N5. The highest BCUT2D eigenvalue weighted by Crippen LogP contribution is 2.10. The standard InChI is InChI=1S/C13H15N5/c1-18(2)12-6-4-11(5-7-12)10-16-17-13-14-8-3-9-15-13/h3-10H,1-2H3,(H,14,15,17). The van der Waals surface area contributed by atoms with E-state index in [0.29, 0.717) is 5.95 Å². The van der Waals surface area contributed by atoms with E-state index >= 15 is 0 Å². The lowest BCUT2D eigenvalue weighted by atomic mass is 10.2. The van der Waals surface area contributed by atoms with Gasteiger partial charge in [-0.3, -0.25) is 0 Å². The lowest BCUT2D eigenvalue weighted by Crippen LogP contribution is -2.08. The number of rotatable bonds is 4. The van der Waals surface area contributed by atoms with E-state index in [1.807, 2.05) is 38.4 Å². The summed E-state index contributed by atoms with van der Waals surface area (Å²) in [6, 6.07) is 9.86. The molecule has 0 unspecified atom stereocenters. The fourth-order valence-electron chi connectivity index (χ4n) is 1.38. The minimum Gasteiger partial charge on any atom is -0.378 e. The van der Waals surface area contributed by atoms with Crippen LogP contribution in [0.1, 0.15) is 5.56 Å². The van der Waals surface area contributed by atoms with Gasteiger partial charge in [0.05, 0.1) is 6.21 Å².